The molecule has 2 saturated heterocycles. The van der Waals surface area contributed by atoms with Crippen molar-refractivity contribution in [1.82, 2.24) is 10.2 Å². The van der Waals surface area contributed by atoms with Gasteiger partial charge in [0.05, 0.1) is 6.61 Å². The van der Waals surface area contributed by atoms with E-state index in [4.69, 9.17) is 4.74 Å². The van der Waals surface area contributed by atoms with Crippen LogP contribution in [0.15, 0.2) is 0 Å². The van der Waals surface area contributed by atoms with Crippen LogP contribution in [0.2, 0.25) is 0 Å². The predicted molar refractivity (Wildman–Crippen MR) is 85.0 cm³/mol. The van der Waals surface area contributed by atoms with Crippen molar-refractivity contribution in [3.8, 4) is 0 Å². The van der Waals surface area contributed by atoms with E-state index in [9.17, 15) is 0 Å². The van der Waals surface area contributed by atoms with Crippen LogP contribution in [-0.2, 0) is 4.74 Å². The molecule has 2 aliphatic rings. The molecule has 3 nitrogen and oxygen atoms in total. The van der Waals surface area contributed by atoms with Gasteiger partial charge in [-0.3, -0.25) is 0 Å². The highest BCUT2D eigenvalue weighted by atomic mass is 16.5. The standard InChI is InChI=1S/C17H34N2O/c1-4-7-18-12-17(6-5-8-20-14-17)13-19-10-15(2)9-16(3)11-19/h15-16,18H,4-14H2,1-3H3. The van der Waals surface area contributed by atoms with Crippen molar-refractivity contribution in [2.45, 2.75) is 46.5 Å². The van der Waals surface area contributed by atoms with Crippen LogP contribution in [0.4, 0.5) is 0 Å². The fourth-order valence-electron chi connectivity index (χ4n) is 4.16. The maximum atomic E-state index is 5.84. The molecule has 0 aromatic carbocycles. The fourth-order valence-corrected chi connectivity index (χ4v) is 4.16. The minimum absolute atomic E-state index is 0.351. The smallest absolute Gasteiger partial charge is 0.0546 e. The van der Waals surface area contributed by atoms with Gasteiger partial charge in [-0.1, -0.05) is 20.8 Å². The van der Waals surface area contributed by atoms with Crippen molar-refractivity contribution in [1.29, 1.82) is 0 Å². The van der Waals surface area contributed by atoms with Crippen LogP contribution in [0.3, 0.4) is 0 Å². The number of piperidine rings is 1. The van der Waals surface area contributed by atoms with Gasteiger partial charge in [-0.05, 0) is 44.1 Å². The molecular weight excluding hydrogens is 248 g/mol. The van der Waals surface area contributed by atoms with E-state index in [-0.39, 0.29) is 0 Å². The maximum Gasteiger partial charge on any atom is 0.0546 e. The van der Waals surface area contributed by atoms with Gasteiger partial charge in [0.25, 0.3) is 0 Å². The molecule has 3 atom stereocenters. The van der Waals surface area contributed by atoms with Crippen molar-refractivity contribution < 1.29 is 4.74 Å². The van der Waals surface area contributed by atoms with Gasteiger partial charge in [0.1, 0.15) is 0 Å². The first-order valence-electron chi connectivity index (χ1n) is 8.64. The normalized spacial score (nSPS) is 36.1. The summed E-state index contributed by atoms with van der Waals surface area (Å²) in [5, 5.41) is 3.65. The molecule has 2 heterocycles. The van der Waals surface area contributed by atoms with Gasteiger partial charge >= 0.3 is 0 Å². The molecule has 0 aromatic rings. The highest BCUT2D eigenvalue weighted by Gasteiger charge is 2.36. The fraction of sp³-hybridized carbons (Fsp3) is 1.00. The second kappa shape index (κ2) is 7.77. The number of hydrogen-bond acceptors (Lipinski definition) is 3. The number of nitrogens with one attached hydrogen (secondary N) is 1. The number of hydrogen-bond donors (Lipinski definition) is 1. The summed E-state index contributed by atoms with van der Waals surface area (Å²) in [6, 6.07) is 0. The Morgan fingerprint density at radius 1 is 1.25 bits per heavy atom. The first-order valence-corrected chi connectivity index (χ1v) is 8.64. The van der Waals surface area contributed by atoms with Crippen LogP contribution >= 0.6 is 0 Å². The van der Waals surface area contributed by atoms with E-state index in [1.54, 1.807) is 0 Å². The predicted octanol–water partition coefficient (Wildman–Crippen LogP) is 2.76. The van der Waals surface area contributed by atoms with Crippen LogP contribution in [0.1, 0.15) is 46.5 Å². The molecule has 0 spiro atoms. The van der Waals surface area contributed by atoms with Crippen molar-refractivity contribution >= 4 is 0 Å². The zero-order valence-electron chi connectivity index (χ0n) is 13.8. The molecule has 0 aromatic heterocycles. The second-order valence-corrected chi connectivity index (χ2v) is 7.47. The van der Waals surface area contributed by atoms with Crippen LogP contribution < -0.4 is 5.32 Å². The first kappa shape index (κ1) is 16.3. The molecule has 118 valence electrons. The van der Waals surface area contributed by atoms with Gasteiger partial charge < -0.3 is 15.0 Å². The van der Waals surface area contributed by atoms with Gasteiger partial charge in [-0.25, -0.2) is 0 Å². The Bertz CT molecular complexity index is 266. The van der Waals surface area contributed by atoms with Crippen molar-refractivity contribution in [3.05, 3.63) is 0 Å². The summed E-state index contributed by atoms with van der Waals surface area (Å²) in [6.45, 7) is 15.0. The van der Waals surface area contributed by atoms with Gasteiger partial charge in [-0.2, -0.15) is 0 Å². The molecule has 1 N–H and O–H groups in total. The van der Waals surface area contributed by atoms with E-state index >= 15 is 0 Å². The summed E-state index contributed by atoms with van der Waals surface area (Å²) in [7, 11) is 0. The highest BCUT2D eigenvalue weighted by Crippen LogP contribution is 2.31. The SMILES string of the molecule is CCCNCC1(CN2CC(C)CC(C)C2)CCCOC1. The van der Waals surface area contributed by atoms with E-state index in [2.05, 4.69) is 31.0 Å². The average Bonchev–Trinajstić information content (AvgIpc) is 2.38. The lowest BCUT2D eigenvalue weighted by Crippen LogP contribution is -2.52. The molecule has 0 bridgehead atoms. The number of ether oxygens (including phenoxy) is 1. The summed E-state index contributed by atoms with van der Waals surface area (Å²) in [5.41, 5.74) is 0.351. The number of likely N-dealkylation sites (tertiary alicyclic amines) is 1. The third-order valence-corrected chi connectivity index (χ3v) is 4.83. The Morgan fingerprint density at radius 2 is 2.00 bits per heavy atom. The summed E-state index contributed by atoms with van der Waals surface area (Å²) in [4.78, 5) is 2.71. The zero-order valence-corrected chi connectivity index (χ0v) is 13.8. The van der Waals surface area contributed by atoms with Crippen molar-refractivity contribution in [2.24, 2.45) is 17.3 Å². The summed E-state index contributed by atoms with van der Waals surface area (Å²) >= 11 is 0. The van der Waals surface area contributed by atoms with Crippen molar-refractivity contribution in [3.63, 3.8) is 0 Å². The molecule has 0 aliphatic carbocycles. The first-order chi connectivity index (χ1) is 9.63. The lowest BCUT2D eigenvalue weighted by Gasteiger charge is -2.44. The Balaban J connectivity index is 1.92. The van der Waals surface area contributed by atoms with Crippen LogP contribution in [0.25, 0.3) is 0 Å². The minimum atomic E-state index is 0.351. The zero-order chi connectivity index (χ0) is 14.4. The van der Waals surface area contributed by atoms with Crippen LogP contribution in [0.5, 0.6) is 0 Å². The molecule has 2 rings (SSSR count). The average molecular weight is 282 g/mol. The Kier molecular flexibility index (Phi) is 6.31. The Hall–Kier alpha value is -0.120. The molecule has 0 radical (unpaired) electrons. The minimum Gasteiger partial charge on any atom is -0.381 e. The van der Waals surface area contributed by atoms with Gasteiger partial charge in [-0.15, -0.1) is 0 Å². The third-order valence-electron chi connectivity index (χ3n) is 4.83. The summed E-state index contributed by atoms with van der Waals surface area (Å²) in [5.74, 6) is 1.70. The molecule has 0 amide bonds. The molecule has 2 fully saturated rings. The van der Waals surface area contributed by atoms with Crippen molar-refractivity contribution in [2.75, 3.05) is 45.9 Å². The molecule has 2 aliphatic heterocycles. The van der Waals surface area contributed by atoms with Gasteiger partial charge in [0.15, 0.2) is 0 Å². The molecular formula is C17H34N2O. The third kappa shape index (κ3) is 4.71. The monoisotopic (exact) mass is 282 g/mol. The summed E-state index contributed by atoms with van der Waals surface area (Å²) in [6.07, 6.45) is 5.17. The maximum absolute atomic E-state index is 5.84. The molecule has 3 unspecified atom stereocenters. The van der Waals surface area contributed by atoms with E-state index in [0.29, 0.717) is 5.41 Å². The van der Waals surface area contributed by atoms with Crippen LogP contribution in [0, 0.1) is 17.3 Å². The molecule has 0 saturated carbocycles. The molecule has 20 heavy (non-hydrogen) atoms. The van der Waals surface area contributed by atoms with E-state index in [1.165, 1.54) is 45.3 Å². The van der Waals surface area contributed by atoms with Crippen LogP contribution in [-0.4, -0.2) is 50.8 Å². The molecule has 3 heteroatoms. The van der Waals surface area contributed by atoms with E-state index in [1.807, 2.05) is 0 Å². The highest BCUT2D eigenvalue weighted by molar-refractivity contribution is 4.89. The van der Waals surface area contributed by atoms with E-state index < -0.39 is 0 Å². The van der Waals surface area contributed by atoms with E-state index in [0.717, 1.165) is 38.1 Å². The van der Waals surface area contributed by atoms with Gasteiger partial charge in [0, 0.05) is 38.2 Å². The van der Waals surface area contributed by atoms with Gasteiger partial charge in [0.2, 0.25) is 0 Å². The Labute approximate surface area is 125 Å². The largest absolute Gasteiger partial charge is 0.381 e. The quantitative estimate of drug-likeness (QED) is 0.758. The summed E-state index contributed by atoms with van der Waals surface area (Å²) < 4.78 is 5.84. The number of nitrogens with zero attached hydrogens (tertiary/aromatic N) is 1. The topological polar surface area (TPSA) is 24.5 Å². The second-order valence-electron chi connectivity index (χ2n) is 7.47. The lowest BCUT2D eigenvalue weighted by molar-refractivity contribution is -0.0350. The Morgan fingerprint density at radius 3 is 2.60 bits per heavy atom. The number of rotatable bonds is 6. The lowest BCUT2D eigenvalue weighted by atomic mass is 9.80.